The van der Waals surface area contributed by atoms with E-state index in [0.29, 0.717) is 23.9 Å². The molecule has 1 aromatic carbocycles. The SMILES string of the molecule is COc1ccc(CN=C2C=CN(Cc3ncccn3)C(N3CC4CC4C3)N2)cc1Cl. The van der Waals surface area contributed by atoms with Crippen LogP contribution in [0.15, 0.2) is 53.9 Å². The van der Waals surface area contributed by atoms with E-state index in [-0.39, 0.29) is 6.29 Å². The number of likely N-dealkylation sites (tertiary alicyclic amines) is 1. The van der Waals surface area contributed by atoms with Crippen LogP contribution in [0.4, 0.5) is 0 Å². The van der Waals surface area contributed by atoms with Gasteiger partial charge in [0.2, 0.25) is 0 Å². The summed E-state index contributed by atoms with van der Waals surface area (Å²) in [7, 11) is 1.62. The van der Waals surface area contributed by atoms with Crippen molar-refractivity contribution in [2.45, 2.75) is 25.8 Å². The molecule has 0 amide bonds. The number of nitrogens with zero attached hydrogens (tertiary/aromatic N) is 5. The maximum absolute atomic E-state index is 6.25. The number of amidine groups is 1. The molecule has 3 aliphatic rings. The normalized spacial score (nSPS) is 26.5. The molecule has 7 nitrogen and oxygen atoms in total. The van der Waals surface area contributed by atoms with Crippen LogP contribution < -0.4 is 10.1 Å². The Morgan fingerprint density at radius 3 is 2.77 bits per heavy atom. The molecule has 3 atom stereocenters. The summed E-state index contributed by atoms with van der Waals surface area (Å²) in [6, 6.07) is 7.62. The smallest absolute Gasteiger partial charge is 0.159 e. The summed E-state index contributed by atoms with van der Waals surface area (Å²) >= 11 is 6.25. The number of benzene rings is 1. The first-order chi connectivity index (χ1) is 14.7. The molecule has 1 saturated heterocycles. The van der Waals surface area contributed by atoms with Crippen molar-refractivity contribution in [1.82, 2.24) is 25.1 Å². The largest absolute Gasteiger partial charge is 0.495 e. The number of aromatic nitrogens is 2. The van der Waals surface area contributed by atoms with Crippen LogP contribution in [-0.4, -0.2) is 52.1 Å². The van der Waals surface area contributed by atoms with Crippen molar-refractivity contribution < 1.29 is 4.74 Å². The number of ether oxygens (including phenoxy) is 1. The Morgan fingerprint density at radius 1 is 1.23 bits per heavy atom. The monoisotopic (exact) mass is 424 g/mol. The van der Waals surface area contributed by atoms with Crippen LogP contribution >= 0.6 is 11.6 Å². The molecular weight excluding hydrogens is 400 g/mol. The molecule has 2 aromatic rings. The van der Waals surface area contributed by atoms with Crippen molar-refractivity contribution in [3.05, 3.63) is 65.3 Å². The van der Waals surface area contributed by atoms with Gasteiger partial charge >= 0.3 is 0 Å². The van der Waals surface area contributed by atoms with E-state index < -0.39 is 0 Å². The number of fused-ring (bicyclic) bond motifs is 1. The van der Waals surface area contributed by atoms with E-state index in [1.54, 1.807) is 19.5 Å². The fourth-order valence-electron chi connectivity index (χ4n) is 4.24. The summed E-state index contributed by atoms with van der Waals surface area (Å²) in [4.78, 5) is 18.3. The molecule has 0 spiro atoms. The molecule has 3 heterocycles. The van der Waals surface area contributed by atoms with Gasteiger partial charge in [0.15, 0.2) is 6.29 Å². The topological polar surface area (TPSA) is 65.9 Å². The molecule has 3 unspecified atom stereocenters. The Morgan fingerprint density at radius 2 is 2.03 bits per heavy atom. The maximum atomic E-state index is 6.25. The molecule has 5 rings (SSSR count). The Hall–Kier alpha value is -2.64. The number of piperidine rings is 1. The number of nitrogens with one attached hydrogen (secondary N) is 1. The minimum atomic E-state index is 0.0600. The maximum Gasteiger partial charge on any atom is 0.159 e. The molecule has 1 N–H and O–H groups in total. The van der Waals surface area contributed by atoms with E-state index in [1.807, 2.05) is 30.3 Å². The molecule has 0 radical (unpaired) electrons. The molecule has 2 aliphatic heterocycles. The number of methoxy groups -OCH3 is 1. The van der Waals surface area contributed by atoms with Crippen LogP contribution in [0.5, 0.6) is 5.75 Å². The fourth-order valence-corrected chi connectivity index (χ4v) is 4.52. The lowest BCUT2D eigenvalue weighted by Crippen LogP contribution is -2.58. The lowest BCUT2D eigenvalue weighted by atomic mass is 10.2. The van der Waals surface area contributed by atoms with Crippen molar-refractivity contribution in [2.75, 3.05) is 20.2 Å². The van der Waals surface area contributed by atoms with Gasteiger partial charge in [-0.25, -0.2) is 9.97 Å². The average Bonchev–Trinajstić information content (AvgIpc) is 3.38. The van der Waals surface area contributed by atoms with Crippen LogP contribution in [0, 0.1) is 11.8 Å². The van der Waals surface area contributed by atoms with Crippen LogP contribution in [0.2, 0.25) is 5.02 Å². The molecule has 8 heteroatoms. The number of rotatable bonds is 6. The zero-order chi connectivity index (χ0) is 20.5. The average molecular weight is 425 g/mol. The number of halogens is 1. The van der Waals surface area contributed by atoms with Gasteiger partial charge in [-0.3, -0.25) is 9.89 Å². The highest BCUT2D eigenvalue weighted by molar-refractivity contribution is 6.32. The van der Waals surface area contributed by atoms with Crippen molar-refractivity contribution in [1.29, 1.82) is 0 Å². The summed E-state index contributed by atoms with van der Waals surface area (Å²) in [5.74, 6) is 4.07. The van der Waals surface area contributed by atoms with Crippen LogP contribution in [0.3, 0.4) is 0 Å². The Balaban J connectivity index is 1.32. The predicted molar refractivity (Wildman–Crippen MR) is 116 cm³/mol. The second-order valence-electron chi connectivity index (χ2n) is 8.05. The van der Waals surface area contributed by atoms with E-state index in [1.165, 1.54) is 6.42 Å². The van der Waals surface area contributed by atoms with Crippen LogP contribution in [0.1, 0.15) is 17.8 Å². The van der Waals surface area contributed by atoms with Crippen molar-refractivity contribution in [3.63, 3.8) is 0 Å². The van der Waals surface area contributed by atoms with Gasteiger partial charge in [0, 0.05) is 31.7 Å². The van der Waals surface area contributed by atoms with Crippen LogP contribution in [0.25, 0.3) is 0 Å². The lowest BCUT2D eigenvalue weighted by Gasteiger charge is -2.40. The second-order valence-corrected chi connectivity index (χ2v) is 8.46. The van der Waals surface area contributed by atoms with Gasteiger partial charge in [0.05, 0.1) is 25.2 Å². The zero-order valence-corrected chi connectivity index (χ0v) is 17.7. The summed E-state index contributed by atoms with van der Waals surface area (Å²) in [6.07, 6.45) is 9.12. The van der Waals surface area contributed by atoms with E-state index in [4.69, 9.17) is 21.3 Å². The standard InChI is InChI=1S/C22H25ClN6O/c1-30-19-4-3-15(9-18(19)23)11-26-20-5-8-28(14-21-24-6-2-7-25-21)22(27-20)29-12-16-10-17(16)13-29/h2-9,16-17,22H,10-14H2,1H3,(H,26,27). The zero-order valence-electron chi connectivity index (χ0n) is 16.9. The molecule has 1 aliphatic carbocycles. The summed E-state index contributed by atoms with van der Waals surface area (Å²) in [5.41, 5.74) is 1.04. The minimum Gasteiger partial charge on any atom is -0.495 e. The minimum absolute atomic E-state index is 0.0600. The molecule has 1 saturated carbocycles. The third kappa shape index (κ3) is 4.13. The summed E-state index contributed by atoms with van der Waals surface area (Å²) in [6.45, 7) is 3.46. The fraction of sp³-hybridized carbons (Fsp3) is 0.409. The van der Waals surface area contributed by atoms with E-state index in [0.717, 1.165) is 42.1 Å². The molecular formula is C22H25ClN6O. The quantitative estimate of drug-likeness (QED) is 0.769. The van der Waals surface area contributed by atoms with Gasteiger partial charge in [0.25, 0.3) is 0 Å². The van der Waals surface area contributed by atoms with Crippen molar-refractivity contribution in [3.8, 4) is 5.75 Å². The first-order valence-corrected chi connectivity index (χ1v) is 10.6. The molecule has 1 aromatic heterocycles. The van der Waals surface area contributed by atoms with Crippen molar-refractivity contribution >= 4 is 17.4 Å². The van der Waals surface area contributed by atoms with Crippen LogP contribution in [-0.2, 0) is 13.1 Å². The Bertz CT molecular complexity index is 955. The van der Waals surface area contributed by atoms with E-state index in [9.17, 15) is 0 Å². The highest BCUT2D eigenvalue weighted by atomic mass is 35.5. The van der Waals surface area contributed by atoms with E-state index in [2.05, 4.69) is 31.3 Å². The lowest BCUT2D eigenvalue weighted by molar-refractivity contribution is 0.0651. The molecule has 2 fully saturated rings. The number of hydrogen-bond acceptors (Lipinski definition) is 6. The van der Waals surface area contributed by atoms with Crippen molar-refractivity contribution in [2.24, 2.45) is 16.8 Å². The molecule has 30 heavy (non-hydrogen) atoms. The van der Waals surface area contributed by atoms with Gasteiger partial charge in [0.1, 0.15) is 17.4 Å². The Labute approximate surface area is 181 Å². The number of aliphatic imine (C=N–C) groups is 1. The Kier molecular flexibility index (Phi) is 5.31. The molecule has 0 bridgehead atoms. The van der Waals surface area contributed by atoms with Gasteiger partial charge in [-0.15, -0.1) is 0 Å². The first kappa shape index (κ1) is 19.3. The van der Waals surface area contributed by atoms with Gasteiger partial charge in [-0.05, 0) is 48.1 Å². The summed E-state index contributed by atoms with van der Waals surface area (Å²) < 4.78 is 5.23. The third-order valence-electron chi connectivity index (χ3n) is 5.96. The highest BCUT2D eigenvalue weighted by Crippen LogP contribution is 2.45. The highest BCUT2D eigenvalue weighted by Gasteiger charge is 2.48. The van der Waals surface area contributed by atoms with Gasteiger partial charge in [-0.2, -0.15) is 0 Å². The number of hydrogen-bond donors (Lipinski definition) is 1. The first-order valence-electron chi connectivity index (χ1n) is 10.3. The predicted octanol–water partition coefficient (Wildman–Crippen LogP) is 2.89. The molecule has 156 valence electrons. The van der Waals surface area contributed by atoms with E-state index >= 15 is 0 Å². The summed E-state index contributed by atoms with van der Waals surface area (Å²) in [5, 5.41) is 4.22. The third-order valence-corrected chi connectivity index (χ3v) is 6.25. The van der Waals surface area contributed by atoms with Gasteiger partial charge in [-0.1, -0.05) is 17.7 Å². The van der Waals surface area contributed by atoms with Gasteiger partial charge < -0.3 is 15.0 Å². The second kappa shape index (κ2) is 8.24.